The van der Waals surface area contributed by atoms with Crippen LogP contribution in [-0.4, -0.2) is 31.5 Å². The SMILES string of the molecule is CCCCNC(=NCC(=O)Nc1cccc(F)c1)NCC. The number of aliphatic imine (C=N–C) groups is 1. The molecule has 1 amide bonds. The number of carbonyl (C=O) groups excluding carboxylic acids is 1. The normalized spacial score (nSPS) is 11.1. The summed E-state index contributed by atoms with van der Waals surface area (Å²) in [6.45, 7) is 5.59. The van der Waals surface area contributed by atoms with Gasteiger partial charge in [-0.05, 0) is 31.5 Å². The summed E-state index contributed by atoms with van der Waals surface area (Å²) in [6.07, 6.45) is 2.13. The summed E-state index contributed by atoms with van der Waals surface area (Å²) >= 11 is 0. The number of anilines is 1. The average Bonchev–Trinajstić information content (AvgIpc) is 2.45. The van der Waals surface area contributed by atoms with Gasteiger partial charge in [-0.25, -0.2) is 9.38 Å². The smallest absolute Gasteiger partial charge is 0.246 e. The molecule has 0 radical (unpaired) electrons. The van der Waals surface area contributed by atoms with Crippen molar-refractivity contribution in [1.82, 2.24) is 10.6 Å². The van der Waals surface area contributed by atoms with E-state index in [0.29, 0.717) is 11.6 Å². The molecule has 1 rings (SSSR count). The van der Waals surface area contributed by atoms with Gasteiger partial charge in [0, 0.05) is 18.8 Å². The minimum atomic E-state index is -0.383. The average molecular weight is 294 g/mol. The van der Waals surface area contributed by atoms with Crippen LogP contribution in [0, 0.1) is 5.82 Å². The molecule has 0 bridgehead atoms. The molecular formula is C15H23FN4O. The lowest BCUT2D eigenvalue weighted by Crippen LogP contribution is -2.38. The van der Waals surface area contributed by atoms with Gasteiger partial charge in [0.1, 0.15) is 12.4 Å². The standard InChI is InChI=1S/C15H23FN4O/c1-3-5-9-18-15(17-4-2)19-11-14(21)20-13-8-6-7-12(16)10-13/h6-8,10H,3-5,9,11H2,1-2H3,(H,20,21)(H2,17,18,19). The van der Waals surface area contributed by atoms with Gasteiger partial charge in [0.05, 0.1) is 0 Å². The number of amides is 1. The number of hydrogen-bond donors (Lipinski definition) is 3. The molecule has 0 aliphatic carbocycles. The van der Waals surface area contributed by atoms with Gasteiger partial charge in [-0.3, -0.25) is 4.79 Å². The molecule has 1 aromatic carbocycles. The van der Waals surface area contributed by atoms with E-state index in [1.165, 1.54) is 12.1 Å². The topological polar surface area (TPSA) is 65.5 Å². The van der Waals surface area contributed by atoms with Gasteiger partial charge in [-0.15, -0.1) is 0 Å². The number of benzene rings is 1. The lowest BCUT2D eigenvalue weighted by molar-refractivity contribution is -0.114. The number of unbranched alkanes of at least 4 members (excludes halogenated alkanes) is 1. The first-order valence-corrected chi connectivity index (χ1v) is 7.23. The van der Waals surface area contributed by atoms with E-state index in [1.54, 1.807) is 12.1 Å². The van der Waals surface area contributed by atoms with Crippen molar-refractivity contribution in [3.05, 3.63) is 30.1 Å². The maximum Gasteiger partial charge on any atom is 0.246 e. The zero-order chi connectivity index (χ0) is 15.5. The Balaban J connectivity index is 2.48. The van der Waals surface area contributed by atoms with Crippen LogP contribution in [0.1, 0.15) is 26.7 Å². The van der Waals surface area contributed by atoms with Crippen molar-refractivity contribution < 1.29 is 9.18 Å². The second-order valence-electron chi connectivity index (χ2n) is 4.53. The van der Waals surface area contributed by atoms with Gasteiger partial charge in [0.15, 0.2) is 5.96 Å². The second-order valence-corrected chi connectivity index (χ2v) is 4.53. The molecule has 0 fully saturated rings. The molecule has 0 aliphatic heterocycles. The molecule has 116 valence electrons. The third-order valence-electron chi connectivity index (χ3n) is 2.66. The molecule has 0 atom stereocenters. The molecule has 3 N–H and O–H groups in total. The van der Waals surface area contributed by atoms with E-state index in [2.05, 4.69) is 27.9 Å². The van der Waals surface area contributed by atoms with E-state index >= 15 is 0 Å². The fraction of sp³-hybridized carbons (Fsp3) is 0.467. The number of rotatable bonds is 7. The molecular weight excluding hydrogens is 271 g/mol. The fourth-order valence-electron chi connectivity index (χ4n) is 1.64. The van der Waals surface area contributed by atoms with Crippen LogP contribution in [0.2, 0.25) is 0 Å². The Morgan fingerprint density at radius 3 is 2.76 bits per heavy atom. The highest BCUT2D eigenvalue weighted by molar-refractivity contribution is 5.94. The molecule has 5 nitrogen and oxygen atoms in total. The minimum Gasteiger partial charge on any atom is -0.357 e. The summed E-state index contributed by atoms with van der Waals surface area (Å²) in [5.74, 6) is -0.0560. The number of halogens is 1. The van der Waals surface area contributed by atoms with Crippen molar-refractivity contribution >= 4 is 17.6 Å². The third kappa shape index (κ3) is 7.29. The predicted molar refractivity (Wildman–Crippen MR) is 83.9 cm³/mol. The number of nitrogens with zero attached hydrogens (tertiary/aromatic N) is 1. The van der Waals surface area contributed by atoms with Crippen LogP contribution in [0.5, 0.6) is 0 Å². The highest BCUT2D eigenvalue weighted by Gasteiger charge is 2.03. The Labute approximate surface area is 125 Å². The lowest BCUT2D eigenvalue weighted by Gasteiger charge is -2.10. The Bertz CT molecular complexity index is 476. The van der Waals surface area contributed by atoms with E-state index in [9.17, 15) is 9.18 Å². The maximum atomic E-state index is 13.0. The monoisotopic (exact) mass is 294 g/mol. The summed E-state index contributed by atoms with van der Waals surface area (Å²) in [4.78, 5) is 16.0. The zero-order valence-electron chi connectivity index (χ0n) is 12.6. The second kappa shape index (κ2) is 9.74. The molecule has 21 heavy (non-hydrogen) atoms. The van der Waals surface area contributed by atoms with E-state index in [0.717, 1.165) is 25.9 Å². The van der Waals surface area contributed by atoms with Crippen LogP contribution in [0.3, 0.4) is 0 Å². The Hall–Kier alpha value is -2.11. The zero-order valence-corrected chi connectivity index (χ0v) is 12.6. The molecule has 0 saturated carbocycles. The van der Waals surface area contributed by atoms with Crippen molar-refractivity contribution in [2.45, 2.75) is 26.7 Å². The Morgan fingerprint density at radius 2 is 2.10 bits per heavy atom. The number of nitrogens with one attached hydrogen (secondary N) is 3. The summed E-state index contributed by atoms with van der Waals surface area (Å²) in [5, 5.41) is 8.82. The molecule has 0 heterocycles. The fourth-order valence-corrected chi connectivity index (χ4v) is 1.64. The van der Waals surface area contributed by atoms with E-state index in [4.69, 9.17) is 0 Å². The van der Waals surface area contributed by atoms with Crippen molar-refractivity contribution in [2.24, 2.45) is 4.99 Å². The highest BCUT2D eigenvalue weighted by Crippen LogP contribution is 2.08. The van der Waals surface area contributed by atoms with Crippen LogP contribution in [0.15, 0.2) is 29.3 Å². The van der Waals surface area contributed by atoms with Crippen molar-refractivity contribution in [3.8, 4) is 0 Å². The van der Waals surface area contributed by atoms with Crippen LogP contribution in [0.25, 0.3) is 0 Å². The van der Waals surface area contributed by atoms with E-state index in [-0.39, 0.29) is 18.3 Å². The first-order valence-electron chi connectivity index (χ1n) is 7.23. The largest absolute Gasteiger partial charge is 0.357 e. The molecule has 0 saturated heterocycles. The van der Waals surface area contributed by atoms with Crippen LogP contribution < -0.4 is 16.0 Å². The first-order chi connectivity index (χ1) is 10.2. The van der Waals surface area contributed by atoms with Gasteiger partial charge < -0.3 is 16.0 Å². The van der Waals surface area contributed by atoms with E-state index < -0.39 is 0 Å². The molecule has 0 aliphatic rings. The maximum absolute atomic E-state index is 13.0. The number of hydrogen-bond acceptors (Lipinski definition) is 2. The van der Waals surface area contributed by atoms with Crippen molar-refractivity contribution in [2.75, 3.05) is 25.0 Å². The molecule has 0 unspecified atom stereocenters. The lowest BCUT2D eigenvalue weighted by atomic mass is 10.3. The summed E-state index contributed by atoms with van der Waals surface area (Å²) in [6, 6.07) is 5.78. The minimum absolute atomic E-state index is 0.0159. The van der Waals surface area contributed by atoms with Crippen LogP contribution >= 0.6 is 0 Å². The van der Waals surface area contributed by atoms with Gasteiger partial charge in [-0.2, -0.15) is 0 Å². The Morgan fingerprint density at radius 1 is 1.29 bits per heavy atom. The van der Waals surface area contributed by atoms with Gasteiger partial charge >= 0.3 is 0 Å². The molecule has 0 spiro atoms. The van der Waals surface area contributed by atoms with Gasteiger partial charge in [0.25, 0.3) is 0 Å². The summed E-state index contributed by atoms with van der Waals surface area (Å²) in [7, 11) is 0. The molecule has 1 aromatic rings. The number of carbonyl (C=O) groups is 1. The molecule has 6 heteroatoms. The Kier molecular flexibility index (Phi) is 7.86. The van der Waals surface area contributed by atoms with Crippen LogP contribution in [0.4, 0.5) is 10.1 Å². The van der Waals surface area contributed by atoms with Gasteiger partial charge in [0.2, 0.25) is 5.91 Å². The highest BCUT2D eigenvalue weighted by atomic mass is 19.1. The summed E-state index contributed by atoms with van der Waals surface area (Å²) < 4.78 is 13.0. The number of guanidine groups is 1. The van der Waals surface area contributed by atoms with Crippen molar-refractivity contribution in [3.63, 3.8) is 0 Å². The quantitative estimate of drug-likeness (QED) is 0.410. The molecule has 0 aromatic heterocycles. The van der Waals surface area contributed by atoms with Crippen molar-refractivity contribution in [1.29, 1.82) is 0 Å². The third-order valence-corrected chi connectivity index (χ3v) is 2.66. The predicted octanol–water partition coefficient (Wildman–Crippen LogP) is 2.12. The van der Waals surface area contributed by atoms with E-state index in [1.807, 2.05) is 6.92 Å². The summed E-state index contributed by atoms with van der Waals surface area (Å²) in [5.41, 5.74) is 0.430. The first kappa shape index (κ1) is 16.9. The van der Waals surface area contributed by atoms with Gasteiger partial charge in [-0.1, -0.05) is 19.4 Å². The van der Waals surface area contributed by atoms with Crippen LogP contribution in [-0.2, 0) is 4.79 Å².